The van der Waals surface area contributed by atoms with E-state index in [1.807, 2.05) is 0 Å². The fraction of sp³-hybridized carbons (Fsp3) is 0.150. The first-order chi connectivity index (χ1) is 13.8. The molecule has 0 bridgehead atoms. The molecule has 0 aliphatic rings. The van der Waals surface area contributed by atoms with Crippen LogP contribution in [0.3, 0.4) is 0 Å². The molecule has 1 aromatic carbocycles. The minimum atomic E-state index is -4.63. The van der Waals surface area contributed by atoms with Gasteiger partial charge in [0, 0.05) is 22.3 Å². The molecule has 0 unspecified atom stereocenters. The molecule has 0 spiro atoms. The Morgan fingerprint density at radius 1 is 1.10 bits per heavy atom. The highest BCUT2D eigenvalue weighted by Gasteiger charge is 2.35. The van der Waals surface area contributed by atoms with Gasteiger partial charge in [-0.3, -0.25) is 4.98 Å². The Bertz CT molecular complexity index is 1220. The molecule has 4 rings (SSSR count). The lowest BCUT2D eigenvalue weighted by Crippen LogP contribution is -2.13. The molecule has 0 aliphatic heterocycles. The van der Waals surface area contributed by atoms with Crippen LogP contribution in [0.2, 0.25) is 5.02 Å². The predicted molar refractivity (Wildman–Crippen MR) is 102 cm³/mol. The number of nitrogens with zero attached hydrogens (tertiary/aromatic N) is 4. The number of aromatic nitrogens is 4. The van der Waals surface area contributed by atoms with Crippen molar-refractivity contribution in [2.24, 2.45) is 0 Å². The maximum Gasteiger partial charge on any atom is 0.433 e. The minimum Gasteiger partial charge on any atom is -0.390 e. The van der Waals surface area contributed by atoms with Crippen LogP contribution >= 0.6 is 11.6 Å². The SMILES string of the molecule is Cc1cc(-c2cc(C(F)(F)F)n3ncc(-c4ccnc(CO)c4)c3n2)ccc1Cl. The van der Waals surface area contributed by atoms with E-state index in [2.05, 4.69) is 15.1 Å². The largest absolute Gasteiger partial charge is 0.433 e. The minimum absolute atomic E-state index is 0.0533. The second-order valence-corrected chi connectivity index (χ2v) is 6.88. The van der Waals surface area contributed by atoms with Crippen LogP contribution < -0.4 is 0 Å². The normalized spacial score (nSPS) is 11.9. The van der Waals surface area contributed by atoms with Gasteiger partial charge in [-0.05, 0) is 48.4 Å². The van der Waals surface area contributed by atoms with E-state index in [9.17, 15) is 18.3 Å². The van der Waals surface area contributed by atoms with E-state index < -0.39 is 11.9 Å². The van der Waals surface area contributed by atoms with Crippen LogP contribution in [-0.2, 0) is 12.8 Å². The molecule has 0 fully saturated rings. The summed E-state index contributed by atoms with van der Waals surface area (Å²) in [6.07, 6.45) is -1.83. The Labute approximate surface area is 168 Å². The van der Waals surface area contributed by atoms with Crippen LogP contribution in [0.4, 0.5) is 13.2 Å². The van der Waals surface area contributed by atoms with Gasteiger partial charge in [0.1, 0.15) is 0 Å². The number of rotatable bonds is 3. The average molecular weight is 419 g/mol. The van der Waals surface area contributed by atoms with Crippen LogP contribution in [-0.4, -0.2) is 24.7 Å². The van der Waals surface area contributed by atoms with E-state index in [1.165, 1.54) is 12.4 Å². The molecule has 3 heterocycles. The van der Waals surface area contributed by atoms with Gasteiger partial charge in [0.15, 0.2) is 11.3 Å². The molecule has 5 nitrogen and oxygen atoms in total. The number of halogens is 4. The van der Waals surface area contributed by atoms with Crippen molar-refractivity contribution in [3.63, 3.8) is 0 Å². The molecule has 0 radical (unpaired) electrons. The fourth-order valence-corrected chi connectivity index (χ4v) is 3.17. The average Bonchev–Trinajstić information content (AvgIpc) is 3.12. The molecule has 148 valence electrons. The van der Waals surface area contributed by atoms with Crippen LogP contribution in [0.1, 0.15) is 17.0 Å². The van der Waals surface area contributed by atoms with E-state index >= 15 is 0 Å². The second-order valence-electron chi connectivity index (χ2n) is 6.48. The van der Waals surface area contributed by atoms with E-state index in [0.717, 1.165) is 16.1 Å². The highest BCUT2D eigenvalue weighted by molar-refractivity contribution is 6.31. The smallest absolute Gasteiger partial charge is 0.390 e. The third-order valence-electron chi connectivity index (χ3n) is 4.51. The lowest BCUT2D eigenvalue weighted by Gasteiger charge is -2.12. The molecule has 3 aromatic heterocycles. The van der Waals surface area contributed by atoms with E-state index in [-0.39, 0.29) is 17.9 Å². The summed E-state index contributed by atoms with van der Waals surface area (Å²) in [7, 11) is 0. The zero-order chi connectivity index (χ0) is 20.8. The van der Waals surface area contributed by atoms with Crippen molar-refractivity contribution >= 4 is 17.2 Å². The van der Waals surface area contributed by atoms with Gasteiger partial charge in [-0.25, -0.2) is 9.50 Å². The Hall–Kier alpha value is -2.97. The maximum absolute atomic E-state index is 13.7. The number of aryl methyl sites for hydroxylation is 1. The van der Waals surface area contributed by atoms with Crippen LogP contribution in [0.25, 0.3) is 28.0 Å². The standard InChI is InChI=1S/C20H14ClF3N4O/c1-11-6-13(2-3-16(11)21)17-8-18(20(22,23)24)28-19(27-17)15(9-26-28)12-4-5-25-14(7-12)10-29/h2-9,29H,10H2,1H3. The number of benzene rings is 1. The third-order valence-corrected chi connectivity index (χ3v) is 4.93. The Kier molecular flexibility index (Phi) is 4.76. The van der Waals surface area contributed by atoms with Gasteiger partial charge in [-0.15, -0.1) is 0 Å². The first-order valence-corrected chi connectivity index (χ1v) is 8.94. The van der Waals surface area contributed by atoms with Crippen molar-refractivity contribution in [1.29, 1.82) is 0 Å². The first kappa shape index (κ1) is 19.4. The number of aliphatic hydroxyl groups is 1. The topological polar surface area (TPSA) is 63.3 Å². The van der Waals surface area contributed by atoms with Gasteiger partial charge in [0.05, 0.1) is 24.2 Å². The zero-order valence-electron chi connectivity index (χ0n) is 15.1. The van der Waals surface area contributed by atoms with Crippen molar-refractivity contribution in [1.82, 2.24) is 19.6 Å². The molecule has 29 heavy (non-hydrogen) atoms. The molecule has 4 aromatic rings. The monoisotopic (exact) mass is 418 g/mol. The van der Waals surface area contributed by atoms with E-state index in [4.69, 9.17) is 11.6 Å². The maximum atomic E-state index is 13.7. The van der Waals surface area contributed by atoms with E-state index in [0.29, 0.717) is 27.4 Å². The molecular weight excluding hydrogens is 405 g/mol. The van der Waals surface area contributed by atoms with Crippen molar-refractivity contribution < 1.29 is 18.3 Å². The number of hydrogen-bond donors (Lipinski definition) is 1. The molecule has 0 atom stereocenters. The zero-order valence-corrected chi connectivity index (χ0v) is 15.8. The van der Waals surface area contributed by atoms with Gasteiger partial charge in [-0.2, -0.15) is 18.3 Å². The fourth-order valence-electron chi connectivity index (χ4n) is 3.05. The first-order valence-electron chi connectivity index (χ1n) is 8.56. The van der Waals surface area contributed by atoms with Crippen LogP contribution in [0.5, 0.6) is 0 Å². The lowest BCUT2D eigenvalue weighted by atomic mass is 10.1. The van der Waals surface area contributed by atoms with Crippen molar-refractivity contribution in [3.05, 3.63) is 70.8 Å². The Morgan fingerprint density at radius 2 is 1.90 bits per heavy atom. The summed E-state index contributed by atoms with van der Waals surface area (Å²) in [6, 6.07) is 9.13. The van der Waals surface area contributed by atoms with Gasteiger partial charge in [0.25, 0.3) is 0 Å². The van der Waals surface area contributed by atoms with Crippen LogP contribution in [0, 0.1) is 6.92 Å². The van der Waals surface area contributed by atoms with Crippen molar-refractivity contribution in [2.75, 3.05) is 0 Å². The number of alkyl halides is 3. The van der Waals surface area contributed by atoms with Crippen LogP contribution in [0.15, 0.2) is 48.8 Å². The van der Waals surface area contributed by atoms with Gasteiger partial charge in [0.2, 0.25) is 0 Å². The number of fused-ring (bicyclic) bond motifs is 1. The molecule has 0 aliphatic carbocycles. The highest BCUT2D eigenvalue weighted by Crippen LogP contribution is 2.35. The summed E-state index contributed by atoms with van der Waals surface area (Å²) in [4.78, 5) is 8.45. The molecule has 0 amide bonds. The lowest BCUT2D eigenvalue weighted by molar-refractivity contribution is -0.142. The highest BCUT2D eigenvalue weighted by atomic mass is 35.5. The van der Waals surface area contributed by atoms with Gasteiger partial charge >= 0.3 is 6.18 Å². The molecule has 0 saturated heterocycles. The molecular formula is C20H14ClF3N4O. The van der Waals surface area contributed by atoms with Gasteiger partial charge < -0.3 is 5.11 Å². The summed E-state index contributed by atoms with van der Waals surface area (Å²) in [5.74, 6) is 0. The summed E-state index contributed by atoms with van der Waals surface area (Å²) >= 11 is 6.04. The number of aliphatic hydroxyl groups excluding tert-OH is 1. The quantitative estimate of drug-likeness (QED) is 0.512. The van der Waals surface area contributed by atoms with Crippen molar-refractivity contribution in [3.8, 4) is 22.4 Å². The third kappa shape index (κ3) is 3.56. The Balaban J connectivity index is 2.00. The summed E-state index contributed by atoms with van der Waals surface area (Å²) in [5, 5.41) is 13.7. The molecule has 0 saturated carbocycles. The predicted octanol–water partition coefficient (Wildman–Crippen LogP) is 4.93. The second kappa shape index (κ2) is 7.13. The number of pyridine rings is 1. The summed E-state index contributed by atoms with van der Waals surface area (Å²) < 4.78 is 42.0. The molecule has 9 heteroatoms. The van der Waals surface area contributed by atoms with Gasteiger partial charge in [-0.1, -0.05) is 17.7 Å². The molecule has 1 N–H and O–H groups in total. The Morgan fingerprint density at radius 3 is 2.59 bits per heavy atom. The van der Waals surface area contributed by atoms with E-state index in [1.54, 1.807) is 37.3 Å². The summed E-state index contributed by atoms with van der Waals surface area (Å²) in [5.41, 5.74) is 1.87. The summed E-state index contributed by atoms with van der Waals surface area (Å²) in [6.45, 7) is 1.48. The number of hydrogen-bond acceptors (Lipinski definition) is 4. The van der Waals surface area contributed by atoms with Crippen molar-refractivity contribution in [2.45, 2.75) is 19.7 Å².